The Hall–Kier alpha value is -1.08. The standard InChI is InChI=1S/C9H12FNO2/c1-3-7(2)11-8(12)9(10)4-5-13-6-9/h1,7H,4-6H2,2H3,(H,11,12). The van der Waals surface area contributed by atoms with E-state index in [2.05, 4.69) is 11.2 Å². The Morgan fingerprint density at radius 3 is 3.00 bits per heavy atom. The summed E-state index contributed by atoms with van der Waals surface area (Å²) in [7, 11) is 0. The van der Waals surface area contributed by atoms with Gasteiger partial charge < -0.3 is 10.1 Å². The molecule has 1 heterocycles. The average molecular weight is 185 g/mol. The van der Waals surface area contributed by atoms with Crippen molar-refractivity contribution in [2.75, 3.05) is 13.2 Å². The number of halogens is 1. The van der Waals surface area contributed by atoms with Gasteiger partial charge in [0.2, 0.25) is 5.67 Å². The normalized spacial score (nSPS) is 29.3. The number of nitrogens with one attached hydrogen (secondary N) is 1. The molecule has 13 heavy (non-hydrogen) atoms. The van der Waals surface area contributed by atoms with E-state index in [-0.39, 0.29) is 19.6 Å². The van der Waals surface area contributed by atoms with E-state index in [1.807, 2.05) is 0 Å². The number of alkyl halides is 1. The zero-order valence-electron chi connectivity index (χ0n) is 7.47. The summed E-state index contributed by atoms with van der Waals surface area (Å²) in [6.07, 6.45) is 5.15. The lowest BCUT2D eigenvalue weighted by molar-refractivity contribution is -0.133. The van der Waals surface area contributed by atoms with Gasteiger partial charge in [0.05, 0.1) is 19.3 Å². The van der Waals surface area contributed by atoms with Gasteiger partial charge in [0, 0.05) is 6.42 Å². The number of ether oxygens (including phenoxy) is 1. The van der Waals surface area contributed by atoms with Crippen LogP contribution >= 0.6 is 0 Å². The minimum absolute atomic E-state index is 0.107. The molecule has 0 aromatic carbocycles. The summed E-state index contributed by atoms with van der Waals surface area (Å²) in [6, 6.07) is -0.444. The van der Waals surface area contributed by atoms with Gasteiger partial charge in [0.1, 0.15) is 0 Å². The molecule has 2 unspecified atom stereocenters. The lowest BCUT2D eigenvalue weighted by atomic mass is 10.0. The molecule has 1 rings (SSSR count). The second kappa shape index (κ2) is 3.75. The molecule has 0 aromatic rings. The van der Waals surface area contributed by atoms with Gasteiger partial charge in [0.25, 0.3) is 5.91 Å². The molecule has 0 aromatic heterocycles. The molecule has 0 bridgehead atoms. The number of amides is 1. The van der Waals surface area contributed by atoms with Crippen molar-refractivity contribution in [1.29, 1.82) is 0 Å². The Morgan fingerprint density at radius 2 is 2.54 bits per heavy atom. The third-order valence-corrected chi connectivity index (χ3v) is 1.98. The predicted molar refractivity (Wildman–Crippen MR) is 45.7 cm³/mol. The Morgan fingerprint density at radius 1 is 1.85 bits per heavy atom. The van der Waals surface area contributed by atoms with Gasteiger partial charge in [-0.3, -0.25) is 4.79 Å². The average Bonchev–Trinajstić information content (AvgIpc) is 2.53. The van der Waals surface area contributed by atoms with Crippen LogP contribution in [0.5, 0.6) is 0 Å². The van der Waals surface area contributed by atoms with Gasteiger partial charge in [-0.1, -0.05) is 5.92 Å². The highest BCUT2D eigenvalue weighted by Crippen LogP contribution is 2.23. The number of hydrogen-bond acceptors (Lipinski definition) is 2. The van der Waals surface area contributed by atoms with E-state index in [0.29, 0.717) is 0 Å². The summed E-state index contributed by atoms with van der Waals surface area (Å²) in [5, 5.41) is 2.38. The summed E-state index contributed by atoms with van der Waals surface area (Å²) >= 11 is 0. The van der Waals surface area contributed by atoms with Crippen LogP contribution in [-0.2, 0) is 9.53 Å². The molecule has 2 atom stereocenters. The van der Waals surface area contributed by atoms with Gasteiger partial charge in [-0.2, -0.15) is 0 Å². The predicted octanol–water partition coefficient (Wildman–Crippen LogP) is 0.253. The quantitative estimate of drug-likeness (QED) is 0.626. The second-order valence-electron chi connectivity index (χ2n) is 3.13. The molecular weight excluding hydrogens is 173 g/mol. The fourth-order valence-electron chi connectivity index (χ4n) is 1.09. The fraction of sp³-hybridized carbons (Fsp3) is 0.667. The van der Waals surface area contributed by atoms with E-state index in [0.717, 1.165) is 0 Å². The SMILES string of the molecule is C#CC(C)NC(=O)C1(F)CCOC1. The van der Waals surface area contributed by atoms with Crippen molar-refractivity contribution in [3.63, 3.8) is 0 Å². The Bertz CT molecular complexity index is 240. The van der Waals surface area contributed by atoms with Crippen LogP contribution in [0, 0.1) is 12.3 Å². The molecule has 4 heteroatoms. The maximum atomic E-state index is 13.6. The molecular formula is C9H12FNO2. The van der Waals surface area contributed by atoms with Crippen LogP contribution < -0.4 is 5.32 Å². The Balaban J connectivity index is 2.52. The molecule has 1 saturated heterocycles. The van der Waals surface area contributed by atoms with Gasteiger partial charge in [-0.15, -0.1) is 6.42 Å². The summed E-state index contributed by atoms with van der Waals surface area (Å²) in [6.45, 7) is 1.74. The summed E-state index contributed by atoms with van der Waals surface area (Å²) < 4.78 is 18.4. The zero-order valence-corrected chi connectivity index (χ0v) is 7.47. The molecule has 1 aliphatic rings. The second-order valence-corrected chi connectivity index (χ2v) is 3.13. The van der Waals surface area contributed by atoms with Crippen LogP contribution in [0.3, 0.4) is 0 Å². The van der Waals surface area contributed by atoms with Crippen LogP contribution in [0.2, 0.25) is 0 Å². The van der Waals surface area contributed by atoms with Crippen LogP contribution in [0.1, 0.15) is 13.3 Å². The number of carbonyl (C=O) groups is 1. The van der Waals surface area contributed by atoms with Gasteiger partial charge in [-0.25, -0.2) is 4.39 Å². The molecule has 1 fully saturated rings. The number of carbonyl (C=O) groups excluding carboxylic acids is 1. The highest BCUT2D eigenvalue weighted by atomic mass is 19.1. The lowest BCUT2D eigenvalue weighted by Crippen LogP contribution is -2.46. The summed E-state index contributed by atoms with van der Waals surface area (Å²) in [4.78, 5) is 11.3. The molecule has 1 N–H and O–H groups in total. The summed E-state index contributed by atoms with van der Waals surface area (Å²) in [5.41, 5.74) is -1.88. The van der Waals surface area contributed by atoms with Crippen LogP contribution in [0.25, 0.3) is 0 Å². The number of hydrogen-bond donors (Lipinski definition) is 1. The molecule has 1 aliphatic heterocycles. The maximum absolute atomic E-state index is 13.6. The van der Waals surface area contributed by atoms with Crippen molar-refractivity contribution < 1.29 is 13.9 Å². The topological polar surface area (TPSA) is 38.3 Å². The monoisotopic (exact) mass is 185 g/mol. The number of terminal acetylenes is 1. The molecule has 72 valence electrons. The largest absolute Gasteiger partial charge is 0.377 e. The van der Waals surface area contributed by atoms with Crippen LogP contribution in [-0.4, -0.2) is 30.8 Å². The third-order valence-electron chi connectivity index (χ3n) is 1.98. The zero-order chi connectivity index (χ0) is 9.90. The highest BCUT2D eigenvalue weighted by Gasteiger charge is 2.42. The summed E-state index contributed by atoms with van der Waals surface area (Å²) in [5.74, 6) is 1.63. The molecule has 0 saturated carbocycles. The first-order chi connectivity index (χ1) is 6.08. The van der Waals surface area contributed by atoms with Crippen LogP contribution in [0.15, 0.2) is 0 Å². The molecule has 0 aliphatic carbocycles. The molecule has 1 amide bonds. The third kappa shape index (κ3) is 2.19. The number of rotatable bonds is 2. The van der Waals surface area contributed by atoms with Crippen molar-refractivity contribution in [3.05, 3.63) is 0 Å². The highest BCUT2D eigenvalue weighted by molar-refractivity contribution is 5.86. The molecule has 0 radical (unpaired) electrons. The van der Waals surface area contributed by atoms with E-state index in [9.17, 15) is 9.18 Å². The molecule has 3 nitrogen and oxygen atoms in total. The van der Waals surface area contributed by atoms with Crippen molar-refractivity contribution in [2.24, 2.45) is 0 Å². The van der Waals surface area contributed by atoms with Gasteiger partial charge >= 0.3 is 0 Å². The maximum Gasteiger partial charge on any atom is 0.261 e. The fourth-order valence-corrected chi connectivity index (χ4v) is 1.09. The Labute approximate surface area is 76.6 Å². The lowest BCUT2D eigenvalue weighted by Gasteiger charge is -2.17. The smallest absolute Gasteiger partial charge is 0.261 e. The first kappa shape index (κ1) is 10.0. The van der Waals surface area contributed by atoms with Crippen molar-refractivity contribution in [1.82, 2.24) is 5.32 Å². The van der Waals surface area contributed by atoms with Crippen molar-refractivity contribution in [2.45, 2.75) is 25.1 Å². The first-order valence-corrected chi connectivity index (χ1v) is 4.12. The Kier molecular flexibility index (Phi) is 2.89. The van der Waals surface area contributed by atoms with E-state index < -0.39 is 17.6 Å². The van der Waals surface area contributed by atoms with Crippen molar-refractivity contribution >= 4 is 5.91 Å². The van der Waals surface area contributed by atoms with Crippen LogP contribution in [0.4, 0.5) is 4.39 Å². The van der Waals surface area contributed by atoms with E-state index in [1.54, 1.807) is 6.92 Å². The molecule has 0 spiro atoms. The first-order valence-electron chi connectivity index (χ1n) is 4.12. The minimum atomic E-state index is -1.88. The van der Waals surface area contributed by atoms with E-state index in [4.69, 9.17) is 11.2 Å². The van der Waals surface area contributed by atoms with Gasteiger partial charge in [-0.05, 0) is 6.92 Å². The minimum Gasteiger partial charge on any atom is -0.377 e. The van der Waals surface area contributed by atoms with Gasteiger partial charge in [0.15, 0.2) is 0 Å². The van der Waals surface area contributed by atoms with Crippen molar-refractivity contribution in [3.8, 4) is 12.3 Å². The van der Waals surface area contributed by atoms with E-state index >= 15 is 0 Å². The van der Waals surface area contributed by atoms with E-state index in [1.165, 1.54) is 0 Å².